The Bertz CT molecular complexity index is 496. The number of hydrogen-bond donors (Lipinski definition) is 2. The summed E-state index contributed by atoms with van der Waals surface area (Å²) in [6, 6.07) is 11.8. The summed E-state index contributed by atoms with van der Waals surface area (Å²) < 4.78 is 1.13. The van der Waals surface area contributed by atoms with E-state index in [2.05, 4.69) is 32.7 Å². The number of hydrogen-bond acceptors (Lipinski definition) is 3. The van der Waals surface area contributed by atoms with Crippen LogP contribution in [0.2, 0.25) is 0 Å². The molecule has 0 spiro atoms. The van der Waals surface area contributed by atoms with Crippen LogP contribution >= 0.6 is 27.3 Å². The second kappa shape index (κ2) is 5.97. The lowest BCUT2D eigenvalue weighted by atomic mass is 9.96. The molecular weight excluding hydrogens is 310 g/mol. The predicted molar refractivity (Wildman–Crippen MR) is 79.7 cm³/mol. The van der Waals surface area contributed by atoms with Crippen LogP contribution in [-0.4, -0.2) is 11.7 Å². The quantitative estimate of drug-likeness (QED) is 0.881. The van der Waals surface area contributed by atoms with Crippen LogP contribution in [0.3, 0.4) is 0 Å². The Kier molecular flexibility index (Phi) is 4.56. The molecule has 0 saturated heterocycles. The van der Waals surface area contributed by atoms with E-state index in [-0.39, 0.29) is 0 Å². The summed E-state index contributed by atoms with van der Waals surface area (Å²) in [6.07, 6.45) is 0. The molecule has 1 atom stereocenters. The van der Waals surface area contributed by atoms with E-state index in [4.69, 9.17) is 0 Å². The third kappa shape index (κ3) is 3.65. The van der Waals surface area contributed by atoms with Crippen molar-refractivity contribution in [2.45, 2.75) is 19.1 Å². The van der Waals surface area contributed by atoms with Crippen molar-refractivity contribution >= 4 is 27.3 Å². The highest BCUT2D eigenvalue weighted by molar-refractivity contribution is 9.11. The number of nitrogens with one attached hydrogen (secondary N) is 1. The highest BCUT2D eigenvalue weighted by Crippen LogP contribution is 2.22. The van der Waals surface area contributed by atoms with Gasteiger partial charge in [0.1, 0.15) is 0 Å². The molecule has 0 aliphatic rings. The molecule has 1 unspecified atom stereocenters. The second-order valence-corrected chi connectivity index (χ2v) is 6.79. The van der Waals surface area contributed by atoms with Crippen LogP contribution in [0.25, 0.3) is 0 Å². The summed E-state index contributed by atoms with van der Waals surface area (Å²) in [7, 11) is 0. The molecule has 0 amide bonds. The summed E-state index contributed by atoms with van der Waals surface area (Å²) in [5.41, 5.74) is 1.33. The number of aliphatic hydroxyl groups is 1. The average Bonchev–Trinajstić information content (AvgIpc) is 2.76. The van der Waals surface area contributed by atoms with Gasteiger partial charge < -0.3 is 10.4 Å². The lowest BCUT2D eigenvalue weighted by Crippen LogP contribution is -2.35. The maximum Gasteiger partial charge on any atom is 0.0992 e. The molecule has 4 heteroatoms. The minimum Gasteiger partial charge on any atom is -0.384 e. The summed E-state index contributed by atoms with van der Waals surface area (Å²) >= 11 is 5.11. The molecule has 0 fully saturated rings. The predicted octanol–water partition coefficient (Wildman–Crippen LogP) is 3.51. The van der Waals surface area contributed by atoms with Crippen molar-refractivity contribution in [3.05, 3.63) is 56.7 Å². The summed E-state index contributed by atoms with van der Waals surface area (Å²) in [6.45, 7) is 3.13. The molecule has 18 heavy (non-hydrogen) atoms. The van der Waals surface area contributed by atoms with Gasteiger partial charge in [-0.05, 0) is 45.4 Å². The first-order chi connectivity index (χ1) is 8.58. The first-order valence-electron chi connectivity index (χ1n) is 5.79. The Hall–Kier alpha value is -0.680. The molecule has 2 aromatic rings. The highest BCUT2D eigenvalue weighted by atomic mass is 79.9. The molecule has 1 heterocycles. The summed E-state index contributed by atoms with van der Waals surface area (Å²) in [5, 5.41) is 15.8. The minimum atomic E-state index is -0.839. The van der Waals surface area contributed by atoms with Crippen LogP contribution in [0, 0.1) is 0 Å². The maximum absolute atomic E-state index is 10.4. The minimum absolute atomic E-state index is 0.532. The van der Waals surface area contributed by atoms with Crippen LogP contribution in [0.5, 0.6) is 0 Å². The third-order valence-corrected chi connectivity index (χ3v) is 4.37. The molecule has 0 radical (unpaired) electrons. The van der Waals surface area contributed by atoms with Gasteiger partial charge in [0.25, 0.3) is 0 Å². The van der Waals surface area contributed by atoms with Gasteiger partial charge in [-0.25, -0.2) is 0 Å². The van der Waals surface area contributed by atoms with Crippen molar-refractivity contribution in [1.82, 2.24) is 5.32 Å². The Balaban J connectivity index is 1.89. The molecule has 1 aromatic heterocycles. The number of benzene rings is 1. The van der Waals surface area contributed by atoms with E-state index in [0.29, 0.717) is 6.54 Å². The van der Waals surface area contributed by atoms with Crippen molar-refractivity contribution in [2.24, 2.45) is 0 Å². The molecule has 1 aromatic carbocycles. The largest absolute Gasteiger partial charge is 0.384 e. The van der Waals surface area contributed by atoms with Crippen molar-refractivity contribution in [3.63, 3.8) is 0 Å². The molecule has 2 nitrogen and oxygen atoms in total. The van der Waals surface area contributed by atoms with E-state index in [1.807, 2.05) is 37.3 Å². The first-order valence-corrected chi connectivity index (χ1v) is 7.47. The monoisotopic (exact) mass is 325 g/mol. The van der Waals surface area contributed by atoms with Gasteiger partial charge in [0.15, 0.2) is 0 Å². The van der Waals surface area contributed by atoms with E-state index in [0.717, 1.165) is 15.9 Å². The zero-order valence-corrected chi connectivity index (χ0v) is 12.6. The SMILES string of the molecule is CC(O)(CNCc1csc(Br)c1)c1ccccc1. The van der Waals surface area contributed by atoms with Gasteiger partial charge in [0, 0.05) is 13.1 Å². The fraction of sp³-hybridized carbons (Fsp3) is 0.286. The van der Waals surface area contributed by atoms with Gasteiger partial charge in [-0.3, -0.25) is 0 Å². The van der Waals surface area contributed by atoms with Gasteiger partial charge in [-0.15, -0.1) is 11.3 Å². The van der Waals surface area contributed by atoms with Gasteiger partial charge in [-0.2, -0.15) is 0 Å². The number of halogens is 1. The Morgan fingerprint density at radius 1 is 1.33 bits per heavy atom. The smallest absolute Gasteiger partial charge is 0.0992 e. The standard InChI is InChI=1S/C14H16BrNOS/c1-14(17,12-5-3-2-4-6-12)10-16-8-11-7-13(15)18-9-11/h2-7,9,16-17H,8,10H2,1H3. The van der Waals surface area contributed by atoms with Crippen molar-refractivity contribution in [2.75, 3.05) is 6.54 Å². The van der Waals surface area contributed by atoms with Crippen molar-refractivity contribution < 1.29 is 5.11 Å². The molecule has 0 saturated carbocycles. The van der Waals surface area contributed by atoms with Gasteiger partial charge in [0.05, 0.1) is 9.39 Å². The van der Waals surface area contributed by atoms with Crippen LogP contribution in [-0.2, 0) is 12.1 Å². The lowest BCUT2D eigenvalue weighted by Gasteiger charge is -2.24. The fourth-order valence-corrected chi connectivity index (χ4v) is 3.00. The molecule has 0 aliphatic carbocycles. The first kappa shape index (κ1) is 13.7. The molecule has 0 aliphatic heterocycles. The van der Waals surface area contributed by atoms with E-state index in [1.165, 1.54) is 5.56 Å². The zero-order chi connectivity index (χ0) is 13.0. The normalized spacial score (nSPS) is 14.4. The van der Waals surface area contributed by atoms with Crippen LogP contribution < -0.4 is 5.32 Å². The molecule has 0 bridgehead atoms. The van der Waals surface area contributed by atoms with E-state index in [1.54, 1.807) is 11.3 Å². The highest BCUT2D eigenvalue weighted by Gasteiger charge is 2.21. The summed E-state index contributed by atoms with van der Waals surface area (Å²) in [5.74, 6) is 0. The van der Waals surface area contributed by atoms with Crippen molar-refractivity contribution in [3.8, 4) is 0 Å². The Morgan fingerprint density at radius 2 is 2.06 bits per heavy atom. The fourth-order valence-electron chi connectivity index (χ4n) is 1.79. The van der Waals surface area contributed by atoms with Crippen LogP contribution in [0.1, 0.15) is 18.1 Å². The van der Waals surface area contributed by atoms with E-state index in [9.17, 15) is 5.11 Å². The lowest BCUT2D eigenvalue weighted by molar-refractivity contribution is 0.0567. The zero-order valence-electron chi connectivity index (χ0n) is 10.2. The van der Waals surface area contributed by atoms with Gasteiger partial charge in [0.2, 0.25) is 0 Å². The maximum atomic E-state index is 10.4. The molecular formula is C14H16BrNOS. The van der Waals surface area contributed by atoms with Gasteiger partial charge >= 0.3 is 0 Å². The average molecular weight is 326 g/mol. The molecule has 2 N–H and O–H groups in total. The van der Waals surface area contributed by atoms with Crippen molar-refractivity contribution in [1.29, 1.82) is 0 Å². The van der Waals surface area contributed by atoms with E-state index < -0.39 is 5.60 Å². The Morgan fingerprint density at radius 3 is 2.67 bits per heavy atom. The summed E-state index contributed by atoms with van der Waals surface area (Å²) in [4.78, 5) is 0. The topological polar surface area (TPSA) is 32.3 Å². The number of thiophene rings is 1. The Labute approximate surface area is 120 Å². The molecule has 96 valence electrons. The number of rotatable bonds is 5. The van der Waals surface area contributed by atoms with Gasteiger partial charge in [-0.1, -0.05) is 30.3 Å². The van der Waals surface area contributed by atoms with Crippen LogP contribution in [0.15, 0.2) is 45.6 Å². The van der Waals surface area contributed by atoms with Crippen LogP contribution in [0.4, 0.5) is 0 Å². The second-order valence-electron chi connectivity index (χ2n) is 4.50. The molecule has 2 rings (SSSR count). The third-order valence-electron chi connectivity index (χ3n) is 2.82. The van der Waals surface area contributed by atoms with E-state index >= 15 is 0 Å².